The van der Waals surface area contributed by atoms with E-state index in [1.54, 1.807) is 0 Å². The first kappa shape index (κ1) is 16.6. The largest absolute Gasteiger partial charge is 0.466 e. The van der Waals surface area contributed by atoms with E-state index in [1.165, 1.54) is 0 Å². The molecule has 0 amide bonds. The summed E-state index contributed by atoms with van der Waals surface area (Å²) in [4.78, 5) is 11.5. The molecule has 22 heavy (non-hydrogen) atoms. The van der Waals surface area contributed by atoms with Gasteiger partial charge < -0.3 is 9.47 Å². The smallest absolute Gasteiger partial charge is 0.306 e. The number of benzene rings is 2. The lowest BCUT2D eigenvalue weighted by molar-refractivity contribution is -0.143. The predicted octanol–water partition coefficient (Wildman–Crippen LogP) is 5.05. The highest BCUT2D eigenvalue weighted by Crippen LogP contribution is 2.31. The van der Waals surface area contributed by atoms with Crippen molar-refractivity contribution in [2.75, 3.05) is 6.61 Å². The summed E-state index contributed by atoms with van der Waals surface area (Å²) in [6.45, 7) is 4.22. The van der Waals surface area contributed by atoms with Gasteiger partial charge in [-0.05, 0) is 44.0 Å². The number of halogens is 1. The Morgan fingerprint density at radius 2 is 1.82 bits per heavy atom. The van der Waals surface area contributed by atoms with Crippen LogP contribution in [0.1, 0.15) is 24.5 Å². The van der Waals surface area contributed by atoms with Gasteiger partial charge in [0.05, 0.1) is 6.61 Å². The molecule has 2 aromatic rings. The molecule has 0 saturated heterocycles. The Bertz CT molecular complexity index is 653. The van der Waals surface area contributed by atoms with Crippen molar-refractivity contribution >= 4 is 21.9 Å². The predicted molar refractivity (Wildman–Crippen MR) is 90.3 cm³/mol. The maximum Gasteiger partial charge on any atom is 0.306 e. The zero-order valence-electron chi connectivity index (χ0n) is 12.8. The number of hydrogen-bond acceptors (Lipinski definition) is 3. The average Bonchev–Trinajstić information content (AvgIpc) is 2.51. The molecular weight excluding hydrogens is 344 g/mol. The highest BCUT2D eigenvalue weighted by molar-refractivity contribution is 9.10. The van der Waals surface area contributed by atoms with E-state index in [0.717, 1.165) is 27.1 Å². The Morgan fingerprint density at radius 3 is 2.59 bits per heavy atom. The molecule has 0 N–H and O–H groups in total. The number of para-hydroxylation sites is 1. The average molecular weight is 363 g/mol. The quantitative estimate of drug-likeness (QED) is 0.674. The molecule has 0 aliphatic heterocycles. The topological polar surface area (TPSA) is 35.5 Å². The molecular formula is C18H19BrO3. The molecule has 0 heterocycles. The Hall–Kier alpha value is -1.81. The summed E-state index contributed by atoms with van der Waals surface area (Å²) in [7, 11) is 0. The van der Waals surface area contributed by atoms with Gasteiger partial charge in [-0.25, -0.2) is 0 Å². The molecule has 0 radical (unpaired) electrons. The van der Waals surface area contributed by atoms with Crippen molar-refractivity contribution < 1.29 is 14.3 Å². The number of esters is 1. The zero-order valence-corrected chi connectivity index (χ0v) is 14.4. The van der Waals surface area contributed by atoms with Crippen LogP contribution in [0, 0.1) is 6.92 Å². The van der Waals surface area contributed by atoms with Crippen molar-refractivity contribution in [2.24, 2.45) is 0 Å². The molecule has 2 aromatic carbocycles. The second kappa shape index (κ2) is 7.99. The lowest BCUT2D eigenvalue weighted by atomic mass is 10.1. The van der Waals surface area contributed by atoms with E-state index in [2.05, 4.69) is 15.9 Å². The molecule has 0 fully saturated rings. The van der Waals surface area contributed by atoms with Crippen LogP contribution in [0.25, 0.3) is 0 Å². The van der Waals surface area contributed by atoms with Gasteiger partial charge in [0, 0.05) is 16.5 Å². The van der Waals surface area contributed by atoms with Crippen molar-refractivity contribution in [3.63, 3.8) is 0 Å². The maximum absolute atomic E-state index is 11.5. The third-order valence-corrected chi connectivity index (χ3v) is 4.17. The highest BCUT2D eigenvalue weighted by Gasteiger charge is 2.10. The summed E-state index contributed by atoms with van der Waals surface area (Å²) in [5, 5.41) is 0. The highest BCUT2D eigenvalue weighted by atomic mass is 79.9. The fourth-order valence-electron chi connectivity index (χ4n) is 2.10. The summed E-state index contributed by atoms with van der Waals surface area (Å²) < 4.78 is 12.0. The molecule has 0 aliphatic carbocycles. The summed E-state index contributed by atoms with van der Waals surface area (Å²) in [5.74, 6) is 1.39. The standard InChI is InChI=1S/C18H19BrO3/c1-3-21-18(20)12-11-14-7-4-5-9-17(14)22-16-10-6-8-15(19)13(16)2/h4-10H,3,11-12H2,1-2H3. The molecule has 0 spiro atoms. The fourth-order valence-corrected chi connectivity index (χ4v) is 2.44. The van der Waals surface area contributed by atoms with Gasteiger partial charge in [-0.15, -0.1) is 0 Å². The lowest BCUT2D eigenvalue weighted by Gasteiger charge is -2.13. The van der Waals surface area contributed by atoms with Gasteiger partial charge >= 0.3 is 5.97 Å². The van der Waals surface area contributed by atoms with E-state index in [-0.39, 0.29) is 5.97 Å². The molecule has 2 rings (SSSR count). The van der Waals surface area contributed by atoms with Crippen LogP contribution in [-0.2, 0) is 16.0 Å². The zero-order chi connectivity index (χ0) is 15.9. The van der Waals surface area contributed by atoms with E-state index >= 15 is 0 Å². The maximum atomic E-state index is 11.5. The Morgan fingerprint density at radius 1 is 1.09 bits per heavy atom. The van der Waals surface area contributed by atoms with Gasteiger partial charge in [-0.1, -0.05) is 40.2 Å². The minimum Gasteiger partial charge on any atom is -0.466 e. The summed E-state index contributed by atoms with van der Waals surface area (Å²) in [6.07, 6.45) is 0.952. The first-order chi connectivity index (χ1) is 10.6. The third-order valence-electron chi connectivity index (χ3n) is 3.31. The fraction of sp³-hybridized carbons (Fsp3) is 0.278. The molecule has 0 unspecified atom stereocenters. The van der Waals surface area contributed by atoms with Crippen LogP contribution in [0.3, 0.4) is 0 Å². The van der Waals surface area contributed by atoms with Gasteiger partial charge in [0.25, 0.3) is 0 Å². The third kappa shape index (κ3) is 4.34. The summed E-state index contributed by atoms with van der Waals surface area (Å²) >= 11 is 3.50. The molecule has 0 bridgehead atoms. The Kier molecular flexibility index (Phi) is 6.01. The van der Waals surface area contributed by atoms with Crippen molar-refractivity contribution in [2.45, 2.75) is 26.7 Å². The Labute approximate surface area is 139 Å². The number of ether oxygens (including phenoxy) is 2. The minimum atomic E-state index is -0.184. The normalized spacial score (nSPS) is 10.3. The van der Waals surface area contributed by atoms with Crippen LogP contribution in [0.2, 0.25) is 0 Å². The lowest BCUT2D eigenvalue weighted by Crippen LogP contribution is -2.05. The van der Waals surface area contributed by atoms with Crippen LogP contribution in [0.5, 0.6) is 11.5 Å². The SMILES string of the molecule is CCOC(=O)CCc1ccccc1Oc1cccc(Br)c1C. The molecule has 0 aromatic heterocycles. The summed E-state index contributed by atoms with van der Waals surface area (Å²) in [6, 6.07) is 13.6. The van der Waals surface area contributed by atoms with Gasteiger partial charge in [0.15, 0.2) is 0 Å². The minimum absolute atomic E-state index is 0.184. The Balaban J connectivity index is 2.14. The van der Waals surface area contributed by atoms with Gasteiger partial charge in [-0.2, -0.15) is 0 Å². The van der Waals surface area contributed by atoms with Gasteiger partial charge in [-0.3, -0.25) is 4.79 Å². The molecule has 3 nitrogen and oxygen atoms in total. The number of carbonyl (C=O) groups is 1. The number of aryl methyl sites for hydroxylation is 1. The molecule has 0 aliphatic rings. The van der Waals surface area contributed by atoms with Crippen LogP contribution in [0.15, 0.2) is 46.9 Å². The molecule has 116 valence electrons. The first-order valence-corrected chi connectivity index (χ1v) is 8.07. The number of hydrogen-bond donors (Lipinski definition) is 0. The monoisotopic (exact) mass is 362 g/mol. The van der Waals surface area contributed by atoms with Crippen LogP contribution in [0.4, 0.5) is 0 Å². The second-order valence-corrected chi connectivity index (χ2v) is 5.73. The second-order valence-electron chi connectivity index (χ2n) is 4.88. The van der Waals surface area contributed by atoms with Crippen LogP contribution < -0.4 is 4.74 Å². The molecule has 4 heteroatoms. The van der Waals surface area contributed by atoms with E-state index in [9.17, 15) is 4.79 Å². The van der Waals surface area contributed by atoms with Crippen molar-refractivity contribution in [3.05, 3.63) is 58.1 Å². The molecule has 0 atom stereocenters. The van der Waals surface area contributed by atoms with Crippen molar-refractivity contribution in [3.8, 4) is 11.5 Å². The van der Waals surface area contributed by atoms with Gasteiger partial charge in [0.2, 0.25) is 0 Å². The van der Waals surface area contributed by atoms with Crippen molar-refractivity contribution in [1.29, 1.82) is 0 Å². The van der Waals surface area contributed by atoms with E-state index in [1.807, 2.05) is 56.3 Å². The van der Waals surface area contributed by atoms with Gasteiger partial charge in [0.1, 0.15) is 11.5 Å². The van der Waals surface area contributed by atoms with E-state index in [4.69, 9.17) is 9.47 Å². The van der Waals surface area contributed by atoms with E-state index < -0.39 is 0 Å². The van der Waals surface area contributed by atoms with Crippen molar-refractivity contribution in [1.82, 2.24) is 0 Å². The van der Waals surface area contributed by atoms with Crippen LogP contribution >= 0.6 is 15.9 Å². The number of rotatable bonds is 6. The number of carbonyl (C=O) groups excluding carboxylic acids is 1. The molecule has 0 saturated carbocycles. The first-order valence-electron chi connectivity index (χ1n) is 7.28. The summed E-state index contributed by atoms with van der Waals surface area (Å²) in [5.41, 5.74) is 2.04. The van der Waals surface area contributed by atoms with E-state index in [0.29, 0.717) is 19.4 Å². The van der Waals surface area contributed by atoms with Crippen LogP contribution in [-0.4, -0.2) is 12.6 Å².